The molecule has 0 unspecified atom stereocenters. The lowest BCUT2D eigenvalue weighted by molar-refractivity contribution is -0.138. The highest BCUT2D eigenvalue weighted by atomic mass is 35.5. The van der Waals surface area contributed by atoms with Crippen LogP contribution in [0.5, 0.6) is 0 Å². The van der Waals surface area contributed by atoms with Crippen molar-refractivity contribution < 1.29 is 14.7 Å². The summed E-state index contributed by atoms with van der Waals surface area (Å²) >= 11 is 6.53. The Labute approximate surface area is 174 Å². The first-order valence-corrected chi connectivity index (χ1v) is 9.55. The molecule has 0 heterocycles. The number of benzene rings is 3. The summed E-state index contributed by atoms with van der Waals surface area (Å²) in [5.74, 6) is -1.36. The number of rotatable bonds is 7. The molecule has 0 aromatic heterocycles. The summed E-state index contributed by atoms with van der Waals surface area (Å²) in [5.41, 5.74) is 5.21. The largest absolute Gasteiger partial charge is 0.481 e. The van der Waals surface area contributed by atoms with E-state index in [9.17, 15) is 9.59 Å². The fourth-order valence-corrected chi connectivity index (χ4v) is 3.26. The second kappa shape index (κ2) is 9.26. The van der Waals surface area contributed by atoms with Gasteiger partial charge in [-0.15, -0.1) is 0 Å². The average Bonchev–Trinajstić information content (AvgIpc) is 2.69. The standard InChI is InChI=1S/C23H21ClN2O3/c1-15-6-2-3-7-17(15)18-11-10-16(14-19(18)24)25-20-8-4-5-9-21(20)26-22(27)12-13-23(28)29/h2-11,14,25H,12-13H2,1H3,(H,26,27)(H,28,29). The van der Waals surface area contributed by atoms with Crippen molar-refractivity contribution in [1.29, 1.82) is 0 Å². The summed E-state index contributed by atoms with van der Waals surface area (Å²) in [4.78, 5) is 22.6. The summed E-state index contributed by atoms with van der Waals surface area (Å²) in [6.45, 7) is 2.04. The molecule has 0 radical (unpaired) electrons. The Morgan fingerprint density at radius 3 is 2.28 bits per heavy atom. The third-order valence-corrected chi connectivity index (χ3v) is 4.76. The molecule has 1 amide bonds. The SMILES string of the molecule is Cc1ccccc1-c1ccc(Nc2ccccc2NC(=O)CCC(=O)O)cc1Cl. The molecule has 148 valence electrons. The number of aliphatic carboxylic acids is 1. The minimum atomic E-state index is -1.00. The fourth-order valence-electron chi connectivity index (χ4n) is 2.98. The fraction of sp³-hybridized carbons (Fsp3) is 0.130. The van der Waals surface area contributed by atoms with Crippen LogP contribution in [-0.2, 0) is 9.59 Å². The van der Waals surface area contributed by atoms with Gasteiger partial charge in [0.25, 0.3) is 0 Å². The molecule has 0 spiro atoms. The normalized spacial score (nSPS) is 10.4. The predicted octanol–water partition coefficient (Wildman–Crippen LogP) is 5.86. The summed E-state index contributed by atoms with van der Waals surface area (Å²) in [6.07, 6.45) is -0.294. The highest BCUT2D eigenvalue weighted by molar-refractivity contribution is 6.33. The maximum absolute atomic E-state index is 12.0. The summed E-state index contributed by atoms with van der Waals surface area (Å²) in [5, 5.41) is 15.3. The van der Waals surface area contributed by atoms with E-state index in [1.807, 2.05) is 61.5 Å². The molecule has 29 heavy (non-hydrogen) atoms. The van der Waals surface area contributed by atoms with Crippen molar-refractivity contribution in [2.75, 3.05) is 10.6 Å². The van der Waals surface area contributed by atoms with Gasteiger partial charge >= 0.3 is 5.97 Å². The van der Waals surface area contributed by atoms with Crippen LogP contribution in [0.1, 0.15) is 18.4 Å². The zero-order valence-corrected chi connectivity index (χ0v) is 16.7. The molecule has 0 saturated carbocycles. The van der Waals surface area contributed by atoms with Crippen LogP contribution in [0.15, 0.2) is 66.7 Å². The third-order valence-electron chi connectivity index (χ3n) is 4.45. The number of aryl methyl sites for hydroxylation is 1. The minimum absolute atomic E-state index is 0.0827. The van der Waals surface area contributed by atoms with Crippen molar-refractivity contribution in [1.82, 2.24) is 0 Å². The van der Waals surface area contributed by atoms with Gasteiger partial charge in [-0.1, -0.05) is 54.1 Å². The van der Waals surface area contributed by atoms with Crippen molar-refractivity contribution in [2.24, 2.45) is 0 Å². The van der Waals surface area contributed by atoms with Gasteiger partial charge in [0.15, 0.2) is 0 Å². The molecular formula is C23H21ClN2O3. The van der Waals surface area contributed by atoms with Gasteiger partial charge in [0, 0.05) is 17.7 Å². The van der Waals surface area contributed by atoms with E-state index in [0.717, 1.165) is 22.4 Å². The monoisotopic (exact) mass is 408 g/mol. The van der Waals surface area contributed by atoms with Crippen LogP contribution in [0, 0.1) is 6.92 Å². The topological polar surface area (TPSA) is 78.4 Å². The van der Waals surface area contributed by atoms with Crippen LogP contribution in [0.25, 0.3) is 11.1 Å². The van der Waals surface area contributed by atoms with Gasteiger partial charge in [0.05, 0.1) is 22.8 Å². The molecule has 6 heteroatoms. The van der Waals surface area contributed by atoms with Gasteiger partial charge in [-0.2, -0.15) is 0 Å². The minimum Gasteiger partial charge on any atom is -0.481 e. The van der Waals surface area contributed by atoms with E-state index < -0.39 is 5.97 Å². The van der Waals surface area contributed by atoms with Crippen molar-refractivity contribution in [3.05, 3.63) is 77.3 Å². The van der Waals surface area contributed by atoms with Crippen LogP contribution in [0.2, 0.25) is 5.02 Å². The molecule has 5 nitrogen and oxygen atoms in total. The number of amides is 1. The van der Waals surface area contributed by atoms with Gasteiger partial charge in [0.1, 0.15) is 0 Å². The Bertz CT molecular complexity index is 1050. The van der Waals surface area contributed by atoms with Crippen molar-refractivity contribution in [3.63, 3.8) is 0 Å². The highest BCUT2D eigenvalue weighted by Gasteiger charge is 2.11. The van der Waals surface area contributed by atoms with Gasteiger partial charge < -0.3 is 15.7 Å². The van der Waals surface area contributed by atoms with Gasteiger partial charge in [0.2, 0.25) is 5.91 Å². The number of hydrogen-bond donors (Lipinski definition) is 3. The number of para-hydroxylation sites is 2. The third kappa shape index (κ3) is 5.36. The number of nitrogens with one attached hydrogen (secondary N) is 2. The van der Waals surface area contributed by atoms with E-state index in [2.05, 4.69) is 10.6 Å². The van der Waals surface area contributed by atoms with E-state index in [1.54, 1.807) is 12.1 Å². The Hall–Kier alpha value is -3.31. The zero-order chi connectivity index (χ0) is 20.8. The first-order valence-electron chi connectivity index (χ1n) is 9.17. The van der Waals surface area contributed by atoms with E-state index in [0.29, 0.717) is 16.4 Å². The Morgan fingerprint density at radius 2 is 1.59 bits per heavy atom. The molecule has 0 atom stereocenters. The number of hydrogen-bond acceptors (Lipinski definition) is 3. The number of carbonyl (C=O) groups is 2. The van der Waals surface area contributed by atoms with E-state index in [1.165, 1.54) is 0 Å². The van der Waals surface area contributed by atoms with Gasteiger partial charge in [-0.25, -0.2) is 0 Å². The Kier molecular flexibility index (Phi) is 6.52. The molecule has 3 rings (SSSR count). The van der Waals surface area contributed by atoms with Crippen LogP contribution < -0.4 is 10.6 Å². The number of halogens is 1. The second-order valence-corrected chi connectivity index (χ2v) is 7.03. The lowest BCUT2D eigenvalue weighted by Gasteiger charge is -2.15. The van der Waals surface area contributed by atoms with Crippen molar-refractivity contribution in [3.8, 4) is 11.1 Å². The molecule has 0 aliphatic rings. The number of carboxylic acids is 1. The van der Waals surface area contributed by atoms with Crippen LogP contribution in [0.3, 0.4) is 0 Å². The molecule has 0 fully saturated rings. The lowest BCUT2D eigenvalue weighted by atomic mass is 10.0. The van der Waals surface area contributed by atoms with Crippen molar-refractivity contribution in [2.45, 2.75) is 19.8 Å². The smallest absolute Gasteiger partial charge is 0.303 e. The summed E-state index contributed by atoms with van der Waals surface area (Å²) < 4.78 is 0. The first-order chi connectivity index (χ1) is 13.9. The number of carbonyl (C=O) groups excluding carboxylic acids is 1. The molecule has 0 aliphatic carbocycles. The number of carboxylic acid groups (broad SMARTS) is 1. The van der Waals surface area contributed by atoms with Crippen molar-refractivity contribution >= 4 is 40.5 Å². The Balaban J connectivity index is 1.79. The molecule has 0 bridgehead atoms. The lowest BCUT2D eigenvalue weighted by Crippen LogP contribution is -2.14. The zero-order valence-electron chi connectivity index (χ0n) is 15.9. The average molecular weight is 409 g/mol. The summed E-state index contributed by atoms with van der Waals surface area (Å²) in [6, 6.07) is 21.0. The van der Waals surface area contributed by atoms with Crippen LogP contribution >= 0.6 is 11.6 Å². The van der Waals surface area contributed by atoms with E-state index in [-0.39, 0.29) is 18.7 Å². The van der Waals surface area contributed by atoms with Crippen LogP contribution in [0.4, 0.5) is 17.1 Å². The molecule has 0 aliphatic heterocycles. The molecule has 0 saturated heterocycles. The van der Waals surface area contributed by atoms with E-state index in [4.69, 9.17) is 16.7 Å². The highest BCUT2D eigenvalue weighted by Crippen LogP contribution is 2.34. The first kappa shape index (κ1) is 20.4. The molecular weight excluding hydrogens is 388 g/mol. The van der Waals surface area contributed by atoms with Gasteiger partial charge in [-0.3, -0.25) is 9.59 Å². The summed E-state index contributed by atoms with van der Waals surface area (Å²) in [7, 11) is 0. The molecule has 3 N–H and O–H groups in total. The maximum atomic E-state index is 12.0. The molecule has 3 aromatic rings. The van der Waals surface area contributed by atoms with Gasteiger partial charge in [-0.05, 0) is 42.3 Å². The second-order valence-electron chi connectivity index (χ2n) is 6.62. The maximum Gasteiger partial charge on any atom is 0.303 e. The number of anilines is 3. The Morgan fingerprint density at radius 1 is 0.897 bits per heavy atom. The van der Waals surface area contributed by atoms with Crippen LogP contribution in [-0.4, -0.2) is 17.0 Å². The molecule has 3 aromatic carbocycles. The quantitative estimate of drug-likeness (QED) is 0.457. The predicted molar refractivity (Wildman–Crippen MR) is 117 cm³/mol. The van der Waals surface area contributed by atoms with E-state index >= 15 is 0 Å².